The molecule has 0 bridgehead atoms. The van der Waals surface area contributed by atoms with Gasteiger partial charge in [0.1, 0.15) is 5.75 Å². The molecule has 4 rings (SSSR count). The van der Waals surface area contributed by atoms with E-state index in [0.29, 0.717) is 45.0 Å². The SMILES string of the molecule is CCC1=C2[C@@H](CC/C(=C/c3cccc(O)c3)CC)OB(O)C[C@@H]2[C@@H]2C(=O)N(CCCCCC(=O)O)C(=O)[C@@H]2C1. The zero-order valence-electron chi connectivity index (χ0n) is 23.0. The Hall–Kier alpha value is -2.91. The number of aromatic hydroxyl groups is 1. The number of hydrogen-bond donors (Lipinski definition) is 3. The van der Waals surface area contributed by atoms with Crippen molar-refractivity contribution in [1.29, 1.82) is 0 Å². The fraction of sp³-hybridized carbons (Fsp3) is 0.567. The number of phenols is 1. The number of carbonyl (C=O) groups is 3. The number of benzene rings is 1. The zero-order valence-corrected chi connectivity index (χ0v) is 23.0. The Morgan fingerprint density at radius 1 is 1.13 bits per heavy atom. The minimum Gasteiger partial charge on any atom is -0.508 e. The van der Waals surface area contributed by atoms with E-state index in [4.69, 9.17) is 9.76 Å². The predicted octanol–water partition coefficient (Wildman–Crippen LogP) is 4.82. The van der Waals surface area contributed by atoms with Gasteiger partial charge >= 0.3 is 13.1 Å². The summed E-state index contributed by atoms with van der Waals surface area (Å²) in [5.41, 5.74) is 4.40. The second kappa shape index (κ2) is 13.0. The standard InChI is InChI=1S/C30H40BNO7/c1-3-19(15-20-9-8-10-22(33)16-20)12-13-25-27-21(4-2)17-23-28(24(27)18-31(38)39-25)30(37)32(29(23)36)14-7-5-6-11-26(34)35/h8-10,15-16,23-25,28,33,38H,3-7,11-14,17-18H2,1-2H3,(H,34,35)/b19-15+/t23-,24+,25-,28-/m1/s1. The van der Waals surface area contributed by atoms with E-state index in [9.17, 15) is 24.5 Å². The third-order valence-electron chi connectivity index (χ3n) is 8.52. The summed E-state index contributed by atoms with van der Waals surface area (Å²) in [6.07, 6.45) is 7.49. The molecule has 210 valence electrons. The molecule has 39 heavy (non-hydrogen) atoms. The molecule has 3 N–H and O–H groups in total. The molecule has 1 aliphatic carbocycles. The molecule has 2 heterocycles. The second-order valence-corrected chi connectivity index (χ2v) is 11.0. The van der Waals surface area contributed by atoms with Crippen LogP contribution in [0.15, 0.2) is 41.0 Å². The number of phenolic OH excluding ortho intramolecular Hbond substituents is 1. The van der Waals surface area contributed by atoms with Gasteiger partial charge in [-0.1, -0.05) is 49.6 Å². The van der Waals surface area contributed by atoms with Gasteiger partial charge in [0, 0.05) is 13.0 Å². The monoisotopic (exact) mass is 537 g/mol. The molecule has 2 aliphatic heterocycles. The minimum atomic E-state index is -0.992. The van der Waals surface area contributed by atoms with Gasteiger partial charge in [-0.3, -0.25) is 19.3 Å². The number of fused-ring (bicyclic) bond motifs is 3. The highest BCUT2D eigenvalue weighted by Gasteiger charge is 2.56. The van der Waals surface area contributed by atoms with Crippen molar-refractivity contribution in [3.05, 3.63) is 46.5 Å². The molecule has 1 aromatic rings. The third-order valence-corrected chi connectivity index (χ3v) is 8.52. The molecule has 8 nitrogen and oxygen atoms in total. The number of nitrogens with zero attached hydrogens (tertiary/aromatic N) is 1. The smallest absolute Gasteiger partial charge is 0.455 e. The predicted molar refractivity (Wildman–Crippen MR) is 148 cm³/mol. The van der Waals surface area contributed by atoms with Gasteiger partial charge in [-0.25, -0.2) is 0 Å². The Balaban J connectivity index is 1.50. The Bertz CT molecular complexity index is 1150. The van der Waals surface area contributed by atoms with Gasteiger partial charge in [0.15, 0.2) is 0 Å². The first-order valence-corrected chi connectivity index (χ1v) is 14.3. The number of aliphatic carboxylic acids is 1. The molecule has 0 aromatic heterocycles. The van der Waals surface area contributed by atoms with Gasteiger partial charge in [-0.2, -0.15) is 0 Å². The lowest BCUT2D eigenvalue weighted by molar-refractivity contribution is -0.141. The average molecular weight is 537 g/mol. The Morgan fingerprint density at radius 2 is 1.92 bits per heavy atom. The summed E-state index contributed by atoms with van der Waals surface area (Å²) < 4.78 is 6.07. The van der Waals surface area contributed by atoms with Crippen molar-refractivity contribution in [2.45, 2.75) is 84.1 Å². The fourth-order valence-electron chi connectivity index (χ4n) is 6.63. The van der Waals surface area contributed by atoms with Crippen LogP contribution < -0.4 is 0 Å². The van der Waals surface area contributed by atoms with E-state index in [1.807, 2.05) is 12.1 Å². The number of carbonyl (C=O) groups excluding carboxylic acids is 2. The number of likely N-dealkylation sites (tertiary alicyclic amines) is 1. The van der Waals surface area contributed by atoms with Crippen LogP contribution in [0.2, 0.25) is 6.32 Å². The second-order valence-electron chi connectivity index (χ2n) is 11.0. The van der Waals surface area contributed by atoms with E-state index in [1.54, 1.807) is 12.1 Å². The maximum absolute atomic E-state index is 13.6. The highest BCUT2D eigenvalue weighted by atomic mass is 16.5. The quantitative estimate of drug-likeness (QED) is 0.151. The fourth-order valence-corrected chi connectivity index (χ4v) is 6.63. The number of carboxylic acids is 1. The minimum absolute atomic E-state index is 0.0877. The van der Waals surface area contributed by atoms with E-state index in [0.717, 1.165) is 36.0 Å². The van der Waals surface area contributed by atoms with Crippen LogP contribution in [0, 0.1) is 17.8 Å². The van der Waals surface area contributed by atoms with Crippen molar-refractivity contribution < 1.29 is 34.3 Å². The van der Waals surface area contributed by atoms with E-state index in [2.05, 4.69) is 19.9 Å². The van der Waals surface area contributed by atoms with E-state index in [1.165, 1.54) is 10.5 Å². The first-order chi connectivity index (χ1) is 18.7. The van der Waals surface area contributed by atoms with Crippen LogP contribution in [0.4, 0.5) is 0 Å². The molecule has 0 unspecified atom stereocenters. The summed E-state index contributed by atoms with van der Waals surface area (Å²) in [5.74, 6) is -2.01. The van der Waals surface area contributed by atoms with Crippen LogP contribution in [-0.2, 0) is 19.0 Å². The number of amides is 2. The van der Waals surface area contributed by atoms with Crippen LogP contribution in [-0.4, -0.2) is 57.7 Å². The molecule has 2 amide bonds. The van der Waals surface area contributed by atoms with Gasteiger partial charge in [0.2, 0.25) is 11.8 Å². The lowest BCUT2D eigenvalue weighted by Gasteiger charge is -2.43. The molecule has 2 saturated heterocycles. The molecule has 0 spiro atoms. The molecule has 9 heteroatoms. The number of rotatable bonds is 12. The van der Waals surface area contributed by atoms with Crippen LogP contribution in [0.1, 0.15) is 77.2 Å². The molecule has 1 aromatic carbocycles. The maximum atomic E-state index is 13.6. The molecular weight excluding hydrogens is 497 g/mol. The van der Waals surface area contributed by atoms with Crippen LogP contribution >= 0.6 is 0 Å². The van der Waals surface area contributed by atoms with Crippen molar-refractivity contribution in [3.63, 3.8) is 0 Å². The Labute approximate surface area is 230 Å². The summed E-state index contributed by atoms with van der Waals surface area (Å²) in [7, 11) is -0.992. The average Bonchev–Trinajstić information content (AvgIpc) is 3.14. The van der Waals surface area contributed by atoms with E-state index < -0.39 is 24.9 Å². The number of allylic oxidation sites excluding steroid dienone is 2. The Kier molecular flexibility index (Phi) is 9.67. The molecule has 2 fully saturated rings. The largest absolute Gasteiger partial charge is 0.508 e. The lowest BCUT2D eigenvalue weighted by atomic mass is 9.58. The molecular formula is C30H40BNO7. The molecule has 3 aliphatic rings. The summed E-state index contributed by atoms with van der Waals surface area (Å²) in [5, 5.41) is 29.4. The van der Waals surface area contributed by atoms with Crippen LogP contribution in [0.5, 0.6) is 5.75 Å². The van der Waals surface area contributed by atoms with Crippen molar-refractivity contribution in [3.8, 4) is 5.75 Å². The number of unbranched alkanes of at least 4 members (excludes halogenated alkanes) is 2. The van der Waals surface area contributed by atoms with Gasteiger partial charge in [0.25, 0.3) is 0 Å². The summed E-state index contributed by atoms with van der Waals surface area (Å²) in [4.78, 5) is 39.1. The first kappa shape index (κ1) is 29.1. The van der Waals surface area contributed by atoms with Crippen molar-refractivity contribution in [1.82, 2.24) is 4.90 Å². The number of carboxylic acid groups (broad SMARTS) is 1. The highest BCUT2D eigenvalue weighted by molar-refractivity contribution is 6.43. The van der Waals surface area contributed by atoms with Crippen molar-refractivity contribution in [2.24, 2.45) is 17.8 Å². The van der Waals surface area contributed by atoms with Gasteiger partial charge in [-0.05, 0) is 80.5 Å². The number of hydrogen-bond acceptors (Lipinski definition) is 6. The summed E-state index contributed by atoms with van der Waals surface area (Å²) in [6.45, 7) is 4.48. The van der Waals surface area contributed by atoms with Crippen molar-refractivity contribution >= 4 is 31.0 Å². The molecule has 4 atom stereocenters. The third kappa shape index (κ3) is 6.64. The highest BCUT2D eigenvalue weighted by Crippen LogP contribution is 2.51. The van der Waals surface area contributed by atoms with Gasteiger partial charge in [0.05, 0.1) is 17.9 Å². The summed E-state index contributed by atoms with van der Waals surface area (Å²) in [6, 6.07) is 7.14. The first-order valence-electron chi connectivity index (χ1n) is 14.3. The van der Waals surface area contributed by atoms with E-state index in [-0.39, 0.29) is 36.0 Å². The maximum Gasteiger partial charge on any atom is 0.455 e. The number of imide groups is 1. The van der Waals surface area contributed by atoms with Gasteiger partial charge in [-0.15, -0.1) is 0 Å². The van der Waals surface area contributed by atoms with Crippen molar-refractivity contribution in [2.75, 3.05) is 6.54 Å². The van der Waals surface area contributed by atoms with Gasteiger partial charge < -0.3 is 19.9 Å². The normalized spacial score (nSPS) is 25.3. The summed E-state index contributed by atoms with van der Waals surface area (Å²) >= 11 is 0. The topological polar surface area (TPSA) is 124 Å². The molecule has 0 saturated carbocycles. The lowest BCUT2D eigenvalue weighted by Crippen LogP contribution is -2.46. The zero-order chi connectivity index (χ0) is 28.1. The molecule has 0 radical (unpaired) electrons. The van der Waals surface area contributed by atoms with Crippen LogP contribution in [0.25, 0.3) is 6.08 Å². The Morgan fingerprint density at radius 3 is 2.62 bits per heavy atom. The van der Waals surface area contributed by atoms with E-state index >= 15 is 0 Å². The van der Waals surface area contributed by atoms with Crippen LogP contribution in [0.3, 0.4) is 0 Å².